The van der Waals surface area contributed by atoms with Crippen LogP contribution in [0.1, 0.15) is 61.3 Å². The number of benzene rings is 2. The van der Waals surface area contributed by atoms with Crippen molar-refractivity contribution in [2.24, 2.45) is 10.7 Å². The summed E-state index contributed by atoms with van der Waals surface area (Å²) in [6.45, 7) is 5.03. The zero-order valence-electron chi connectivity index (χ0n) is 19.6. The number of nitrogens with two attached hydrogens (primary N) is 1. The van der Waals surface area contributed by atoms with Crippen LogP contribution in [-0.2, 0) is 16.0 Å². The maximum Gasteiger partial charge on any atom is 0.435 e. The second-order valence-electron chi connectivity index (χ2n) is 7.74. The van der Waals surface area contributed by atoms with Crippen LogP contribution in [-0.4, -0.2) is 41.1 Å². The van der Waals surface area contributed by atoms with Crippen LogP contribution in [0, 0.1) is 0 Å². The van der Waals surface area contributed by atoms with E-state index < -0.39 is 6.09 Å². The van der Waals surface area contributed by atoms with Crippen molar-refractivity contribution in [3.05, 3.63) is 59.4 Å². The Morgan fingerprint density at radius 3 is 2.53 bits per heavy atom. The number of carbonyl (C=O) groups excluding carboxylic acids is 2. The maximum absolute atomic E-state index is 11.9. The van der Waals surface area contributed by atoms with Crippen LogP contribution < -0.4 is 11.1 Å². The molecule has 9 heteroatoms. The second kappa shape index (κ2) is 12.4. The van der Waals surface area contributed by atoms with Gasteiger partial charge in [0.25, 0.3) is 0 Å². The summed E-state index contributed by atoms with van der Waals surface area (Å²) in [6.07, 6.45) is 3.43. The van der Waals surface area contributed by atoms with Gasteiger partial charge in [0, 0.05) is 11.3 Å². The van der Waals surface area contributed by atoms with Gasteiger partial charge in [-0.1, -0.05) is 26.2 Å². The van der Waals surface area contributed by atoms with Crippen LogP contribution in [0.5, 0.6) is 0 Å². The molecule has 0 atom stereocenters. The molecule has 1 heterocycles. The summed E-state index contributed by atoms with van der Waals surface area (Å²) in [7, 11) is 0. The largest absolute Gasteiger partial charge is 0.462 e. The van der Waals surface area contributed by atoms with Crippen molar-refractivity contribution in [3.8, 4) is 0 Å². The van der Waals surface area contributed by atoms with Crippen LogP contribution in [0.25, 0.3) is 11.0 Å². The molecule has 0 aliphatic rings. The van der Waals surface area contributed by atoms with Crippen molar-refractivity contribution in [3.63, 3.8) is 0 Å². The standard InChI is InChI=1S/C25H31N5O4/c1-3-5-6-7-14-34-25(32)30-23(26)17-8-11-19(12-9-17)27-16-22-28-20-13-10-18(15-21(20)29-22)24(31)33-4-2/h8-13,15,27H,3-7,14,16H2,1-2H3,(H,28,29)(H2,26,30,32). The van der Waals surface area contributed by atoms with E-state index in [9.17, 15) is 9.59 Å². The monoisotopic (exact) mass is 465 g/mol. The fourth-order valence-corrected chi connectivity index (χ4v) is 3.32. The molecule has 4 N–H and O–H groups in total. The molecule has 9 nitrogen and oxygen atoms in total. The van der Waals surface area contributed by atoms with Crippen LogP contribution in [0.4, 0.5) is 10.5 Å². The number of H-pyrrole nitrogens is 1. The van der Waals surface area contributed by atoms with E-state index in [0.717, 1.165) is 48.2 Å². The van der Waals surface area contributed by atoms with Gasteiger partial charge in [-0.3, -0.25) is 0 Å². The fraction of sp³-hybridized carbons (Fsp3) is 0.360. The van der Waals surface area contributed by atoms with Crippen molar-refractivity contribution in [1.29, 1.82) is 0 Å². The van der Waals surface area contributed by atoms with E-state index in [4.69, 9.17) is 15.2 Å². The number of esters is 1. The number of aromatic nitrogens is 2. The lowest BCUT2D eigenvalue weighted by Crippen LogP contribution is -2.16. The van der Waals surface area contributed by atoms with E-state index in [-0.39, 0.29) is 11.8 Å². The number of hydrogen-bond acceptors (Lipinski definition) is 6. The lowest BCUT2D eigenvalue weighted by molar-refractivity contribution is 0.0526. The number of carbonyl (C=O) groups is 2. The van der Waals surface area contributed by atoms with Crippen LogP contribution >= 0.6 is 0 Å². The molecule has 180 valence electrons. The van der Waals surface area contributed by atoms with Crippen LogP contribution in [0.15, 0.2) is 47.5 Å². The number of ether oxygens (including phenoxy) is 2. The van der Waals surface area contributed by atoms with Gasteiger partial charge >= 0.3 is 12.1 Å². The van der Waals surface area contributed by atoms with Gasteiger partial charge in [0.05, 0.1) is 36.4 Å². The van der Waals surface area contributed by atoms with Gasteiger partial charge in [-0.05, 0) is 55.8 Å². The molecule has 3 rings (SSSR count). The van der Waals surface area contributed by atoms with Crippen LogP contribution in [0.2, 0.25) is 0 Å². The smallest absolute Gasteiger partial charge is 0.435 e. The van der Waals surface area contributed by atoms with E-state index in [2.05, 4.69) is 27.2 Å². The Labute approximate surface area is 198 Å². The number of aromatic amines is 1. The molecule has 1 aromatic heterocycles. The molecular formula is C25H31N5O4. The number of aliphatic imine (C=N–C) groups is 1. The first-order valence-corrected chi connectivity index (χ1v) is 11.5. The fourth-order valence-electron chi connectivity index (χ4n) is 3.32. The Balaban J connectivity index is 1.53. The quantitative estimate of drug-likeness (QED) is 0.161. The minimum Gasteiger partial charge on any atom is -0.462 e. The second-order valence-corrected chi connectivity index (χ2v) is 7.74. The number of nitrogens with one attached hydrogen (secondary N) is 2. The zero-order chi connectivity index (χ0) is 24.3. The van der Waals surface area contributed by atoms with Gasteiger partial charge in [0.15, 0.2) is 0 Å². The van der Waals surface area contributed by atoms with Crippen molar-refractivity contribution >= 4 is 34.6 Å². The number of amides is 1. The van der Waals surface area contributed by atoms with Crippen molar-refractivity contribution in [2.75, 3.05) is 18.5 Å². The third-order valence-corrected chi connectivity index (χ3v) is 5.12. The molecule has 0 fully saturated rings. The summed E-state index contributed by atoms with van der Waals surface area (Å²) in [5.74, 6) is 0.476. The van der Waals surface area contributed by atoms with E-state index in [0.29, 0.717) is 30.9 Å². The number of unbranched alkanes of at least 4 members (excludes halogenated alkanes) is 3. The highest BCUT2D eigenvalue weighted by Crippen LogP contribution is 2.16. The summed E-state index contributed by atoms with van der Waals surface area (Å²) in [5.41, 5.74) is 9.42. The number of fused-ring (bicyclic) bond motifs is 1. The molecule has 0 aliphatic heterocycles. The molecule has 0 spiro atoms. The lowest BCUT2D eigenvalue weighted by Gasteiger charge is -2.06. The molecule has 0 radical (unpaired) electrons. The van der Waals surface area contributed by atoms with Crippen molar-refractivity contribution < 1.29 is 19.1 Å². The Kier molecular flexibility index (Phi) is 9.02. The van der Waals surface area contributed by atoms with Crippen LogP contribution in [0.3, 0.4) is 0 Å². The van der Waals surface area contributed by atoms with Crippen molar-refractivity contribution in [2.45, 2.75) is 46.1 Å². The van der Waals surface area contributed by atoms with Gasteiger partial charge in [0.1, 0.15) is 11.7 Å². The minimum atomic E-state index is -0.674. The average molecular weight is 466 g/mol. The predicted molar refractivity (Wildman–Crippen MR) is 132 cm³/mol. The summed E-state index contributed by atoms with van der Waals surface area (Å²) in [4.78, 5) is 35.3. The first kappa shape index (κ1) is 24.8. The Bertz CT molecular complexity index is 1140. The molecule has 0 aliphatic carbocycles. The Morgan fingerprint density at radius 1 is 1.03 bits per heavy atom. The van der Waals surface area contributed by atoms with E-state index >= 15 is 0 Å². The van der Waals surface area contributed by atoms with Crippen molar-refractivity contribution in [1.82, 2.24) is 9.97 Å². The molecule has 0 unspecified atom stereocenters. The number of hydrogen-bond donors (Lipinski definition) is 3. The SMILES string of the molecule is CCCCCCOC(=O)/N=C(/N)c1ccc(NCc2nc3ccc(C(=O)OCC)cc3[nH]2)cc1. The third kappa shape index (κ3) is 7.06. The first-order chi connectivity index (χ1) is 16.5. The third-order valence-electron chi connectivity index (χ3n) is 5.12. The van der Waals surface area contributed by atoms with E-state index in [1.165, 1.54) is 0 Å². The predicted octanol–water partition coefficient (Wildman–Crippen LogP) is 4.77. The summed E-state index contributed by atoms with van der Waals surface area (Å²) in [5, 5.41) is 3.27. The van der Waals surface area contributed by atoms with Gasteiger partial charge in [0.2, 0.25) is 0 Å². The topological polar surface area (TPSA) is 132 Å². The normalized spacial score (nSPS) is 11.4. The number of nitrogens with zero attached hydrogens (tertiary/aromatic N) is 2. The molecule has 34 heavy (non-hydrogen) atoms. The summed E-state index contributed by atoms with van der Waals surface area (Å²) >= 11 is 0. The minimum absolute atomic E-state index is 0.111. The van der Waals surface area contributed by atoms with Gasteiger partial charge in [-0.15, -0.1) is 0 Å². The number of rotatable bonds is 11. The highest BCUT2D eigenvalue weighted by atomic mass is 16.5. The molecule has 1 amide bonds. The molecule has 0 saturated heterocycles. The maximum atomic E-state index is 11.9. The summed E-state index contributed by atoms with van der Waals surface area (Å²) in [6, 6.07) is 12.5. The number of amidine groups is 1. The Hall–Kier alpha value is -3.88. The highest BCUT2D eigenvalue weighted by molar-refractivity contribution is 6.02. The Morgan fingerprint density at radius 2 is 1.79 bits per heavy atom. The zero-order valence-corrected chi connectivity index (χ0v) is 19.6. The molecule has 0 bridgehead atoms. The van der Waals surface area contributed by atoms with Gasteiger partial charge in [-0.2, -0.15) is 4.99 Å². The number of anilines is 1. The molecule has 2 aromatic carbocycles. The lowest BCUT2D eigenvalue weighted by atomic mass is 10.2. The molecular weight excluding hydrogens is 434 g/mol. The highest BCUT2D eigenvalue weighted by Gasteiger charge is 2.10. The molecule has 3 aromatic rings. The summed E-state index contributed by atoms with van der Waals surface area (Å²) < 4.78 is 10.1. The van der Waals surface area contributed by atoms with E-state index in [1.807, 2.05) is 12.1 Å². The molecule has 0 saturated carbocycles. The van der Waals surface area contributed by atoms with Gasteiger partial charge < -0.3 is 25.5 Å². The van der Waals surface area contributed by atoms with Gasteiger partial charge in [-0.25, -0.2) is 14.6 Å². The number of imidazole rings is 1. The average Bonchev–Trinajstić information content (AvgIpc) is 3.25. The van der Waals surface area contributed by atoms with E-state index in [1.54, 1.807) is 37.3 Å². The first-order valence-electron chi connectivity index (χ1n) is 11.5.